The SMILES string of the molecule is COCC(=O)Nc1ccc(N2C(=S)NC(c3ccccn3)C2c2cccn2-c2cccc([N+](=O)[O-])c2)cc1Cl. The number of nitro groups is 1. The fourth-order valence-electron chi connectivity index (χ4n) is 4.63. The number of ether oxygens (including phenoxy) is 1. The van der Waals surface area contributed by atoms with Crippen molar-refractivity contribution in [1.29, 1.82) is 0 Å². The van der Waals surface area contributed by atoms with Crippen LogP contribution in [0.1, 0.15) is 23.5 Å². The van der Waals surface area contributed by atoms with Crippen LogP contribution in [0.3, 0.4) is 0 Å². The van der Waals surface area contributed by atoms with E-state index < -0.39 is 11.0 Å². The minimum atomic E-state index is -0.420. The summed E-state index contributed by atoms with van der Waals surface area (Å²) in [5, 5.41) is 18.4. The Morgan fingerprint density at radius 1 is 1.15 bits per heavy atom. The van der Waals surface area contributed by atoms with E-state index in [-0.39, 0.29) is 24.2 Å². The molecule has 2 unspecified atom stereocenters. The third kappa shape index (κ3) is 5.32. The summed E-state index contributed by atoms with van der Waals surface area (Å²) in [6.45, 7) is -0.0965. The van der Waals surface area contributed by atoms with Gasteiger partial charge in [0.2, 0.25) is 5.91 Å². The monoisotopic (exact) mass is 562 g/mol. The van der Waals surface area contributed by atoms with Crippen molar-refractivity contribution >= 4 is 51.9 Å². The van der Waals surface area contributed by atoms with E-state index in [4.69, 9.17) is 28.6 Å². The molecule has 1 amide bonds. The van der Waals surface area contributed by atoms with Crippen LogP contribution in [0.5, 0.6) is 0 Å². The number of anilines is 2. The van der Waals surface area contributed by atoms with Crippen molar-refractivity contribution in [1.82, 2.24) is 14.9 Å². The number of hydrogen-bond donors (Lipinski definition) is 2. The molecule has 198 valence electrons. The van der Waals surface area contributed by atoms with Crippen LogP contribution in [0.4, 0.5) is 17.1 Å². The molecule has 0 aliphatic carbocycles. The second-order valence-electron chi connectivity index (χ2n) is 8.72. The number of methoxy groups -OCH3 is 1. The van der Waals surface area contributed by atoms with Gasteiger partial charge in [-0.15, -0.1) is 0 Å². The number of non-ortho nitro benzene ring substituents is 1. The van der Waals surface area contributed by atoms with Crippen LogP contribution in [0.2, 0.25) is 5.02 Å². The molecule has 5 rings (SSSR count). The fraction of sp³-hybridized carbons (Fsp3) is 0.148. The first kappa shape index (κ1) is 26.3. The van der Waals surface area contributed by atoms with Crippen LogP contribution in [-0.4, -0.2) is 39.2 Å². The molecule has 12 heteroatoms. The number of nitrogens with zero attached hydrogens (tertiary/aromatic N) is 4. The van der Waals surface area contributed by atoms with Crippen molar-refractivity contribution in [2.24, 2.45) is 0 Å². The van der Waals surface area contributed by atoms with Crippen LogP contribution < -0.4 is 15.5 Å². The van der Waals surface area contributed by atoms with E-state index >= 15 is 0 Å². The van der Waals surface area contributed by atoms with E-state index in [1.807, 2.05) is 58.1 Å². The summed E-state index contributed by atoms with van der Waals surface area (Å²) in [6, 6.07) is 20.4. The Balaban J connectivity index is 1.60. The lowest BCUT2D eigenvalue weighted by atomic mass is 10.0. The average Bonchev–Trinajstić information content (AvgIpc) is 3.55. The second-order valence-corrected chi connectivity index (χ2v) is 9.52. The lowest BCUT2D eigenvalue weighted by molar-refractivity contribution is -0.384. The Morgan fingerprint density at radius 2 is 2.00 bits per heavy atom. The summed E-state index contributed by atoms with van der Waals surface area (Å²) in [7, 11) is 1.44. The third-order valence-electron chi connectivity index (χ3n) is 6.28. The zero-order chi connectivity index (χ0) is 27.5. The smallest absolute Gasteiger partial charge is 0.271 e. The first-order chi connectivity index (χ1) is 18.9. The van der Waals surface area contributed by atoms with Crippen molar-refractivity contribution in [2.45, 2.75) is 12.1 Å². The molecule has 0 radical (unpaired) electrons. The topological polar surface area (TPSA) is 115 Å². The van der Waals surface area contributed by atoms with Gasteiger partial charge < -0.3 is 24.8 Å². The second kappa shape index (κ2) is 11.2. The highest BCUT2D eigenvalue weighted by Gasteiger charge is 2.42. The molecule has 1 aliphatic heterocycles. The number of rotatable bonds is 8. The minimum absolute atomic E-state index is 0.0109. The first-order valence-corrected chi connectivity index (χ1v) is 12.7. The van der Waals surface area contributed by atoms with Gasteiger partial charge in [-0.25, -0.2) is 0 Å². The van der Waals surface area contributed by atoms with Gasteiger partial charge in [0, 0.05) is 43.0 Å². The number of thiocarbonyl (C=S) groups is 1. The van der Waals surface area contributed by atoms with Crippen molar-refractivity contribution in [3.63, 3.8) is 0 Å². The van der Waals surface area contributed by atoms with E-state index in [1.54, 1.807) is 24.4 Å². The highest BCUT2D eigenvalue weighted by molar-refractivity contribution is 7.80. The molecule has 1 aliphatic rings. The number of amides is 1. The van der Waals surface area contributed by atoms with Crippen molar-refractivity contribution in [2.75, 3.05) is 23.9 Å². The molecule has 1 saturated heterocycles. The molecule has 2 N–H and O–H groups in total. The predicted molar refractivity (Wildman–Crippen MR) is 152 cm³/mol. The number of nitro benzene ring substituents is 1. The van der Waals surface area contributed by atoms with Crippen molar-refractivity contribution in [3.8, 4) is 5.69 Å². The number of pyridine rings is 1. The van der Waals surface area contributed by atoms with E-state index in [0.717, 1.165) is 11.4 Å². The number of benzene rings is 2. The Labute approximate surface area is 234 Å². The summed E-state index contributed by atoms with van der Waals surface area (Å²) in [4.78, 5) is 29.6. The summed E-state index contributed by atoms with van der Waals surface area (Å²) < 4.78 is 6.78. The van der Waals surface area contributed by atoms with Gasteiger partial charge in [-0.1, -0.05) is 23.7 Å². The Kier molecular flexibility index (Phi) is 7.55. The summed E-state index contributed by atoms with van der Waals surface area (Å²) >= 11 is 12.4. The van der Waals surface area contributed by atoms with Gasteiger partial charge >= 0.3 is 0 Å². The maximum atomic E-state index is 12.0. The molecule has 2 atom stereocenters. The molecule has 2 aromatic carbocycles. The Hall–Kier alpha value is -4.32. The molecule has 10 nitrogen and oxygen atoms in total. The van der Waals surface area contributed by atoms with E-state index in [1.165, 1.54) is 19.2 Å². The molecular weight excluding hydrogens is 540 g/mol. The van der Waals surface area contributed by atoms with E-state index in [2.05, 4.69) is 15.6 Å². The molecule has 4 aromatic rings. The lowest BCUT2D eigenvalue weighted by Crippen LogP contribution is -2.30. The Morgan fingerprint density at radius 3 is 2.72 bits per heavy atom. The van der Waals surface area contributed by atoms with Gasteiger partial charge in [0.05, 0.1) is 33.1 Å². The van der Waals surface area contributed by atoms with Gasteiger partial charge in [-0.2, -0.15) is 0 Å². The largest absolute Gasteiger partial charge is 0.375 e. The van der Waals surface area contributed by atoms with Crippen LogP contribution >= 0.6 is 23.8 Å². The van der Waals surface area contributed by atoms with E-state index in [0.29, 0.717) is 27.2 Å². The van der Waals surface area contributed by atoms with Gasteiger partial charge in [0.1, 0.15) is 12.6 Å². The van der Waals surface area contributed by atoms with Crippen LogP contribution in [0.25, 0.3) is 5.69 Å². The number of carbonyl (C=O) groups excluding carboxylic acids is 1. The Bertz CT molecular complexity index is 1550. The third-order valence-corrected chi connectivity index (χ3v) is 6.91. The normalized spacial score (nSPS) is 16.7. The van der Waals surface area contributed by atoms with Crippen LogP contribution in [0.15, 0.2) is 85.2 Å². The fourth-order valence-corrected chi connectivity index (χ4v) is 5.20. The first-order valence-electron chi connectivity index (χ1n) is 11.9. The molecule has 39 heavy (non-hydrogen) atoms. The standard InChI is InChI=1S/C27H23ClN6O4S/c1-38-16-24(35)30-21-11-10-18(15-20(21)28)33-26(25(31-27(33)39)22-8-2-3-12-29-22)23-9-5-13-32(23)17-6-4-7-19(14-17)34(36)37/h2-15,25-26H,16H2,1H3,(H,30,35)(H,31,39). The van der Waals surface area contributed by atoms with Crippen LogP contribution in [-0.2, 0) is 9.53 Å². The minimum Gasteiger partial charge on any atom is -0.375 e. The number of nitrogens with one attached hydrogen (secondary N) is 2. The quantitative estimate of drug-likeness (QED) is 0.171. The van der Waals surface area contributed by atoms with Gasteiger partial charge in [0.15, 0.2) is 5.11 Å². The number of aromatic nitrogens is 2. The molecule has 1 fully saturated rings. The predicted octanol–water partition coefficient (Wildman–Crippen LogP) is 5.20. The molecule has 3 heterocycles. The summed E-state index contributed by atoms with van der Waals surface area (Å²) in [5.41, 5.74) is 3.36. The lowest BCUT2D eigenvalue weighted by Gasteiger charge is -2.29. The van der Waals surface area contributed by atoms with Gasteiger partial charge in [-0.05, 0) is 60.7 Å². The van der Waals surface area contributed by atoms with Crippen LogP contribution in [0, 0.1) is 10.1 Å². The molecule has 0 spiro atoms. The zero-order valence-electron chi connectivity index (χ0n) is 20.7. The van der Waals surface area contributed by atoms with Crippen molar-refractivity contribution in [3.05, 3.63) is 112 Å². The number of carbonyl (C=O) groups is 1. The number of hydrogen-bond acceptors (Lipinski definition) is 6. The summed E-state index contributed by atoms with van der Waals surface area (Å²) in [6.07, 6.45) is 3.57. The van der Waals surface area contributed by atoms with Gasteiger partial charge in [0.25, 0.3) is 5.69 Å². The maximum absolute atomic E-state index is 12.0. The average molecular weight is 563 g/mol. The highest BCUT2D eigenvalue weighted by atomic mass is 35.5. The summed E-state index contributed by atoms with van der Waals surface area (Å²) in [5.74, 6) is -0.326. The highest BCUT2D eigenvalue weighted by Crippen LogP contribution is 2.43. The molecule has 2 aromatic heterocycles. The molecular formula is C27H23ClN6O4S. The molecule has 0 saturated carbocycles. The number of halogens is 1. The maximum Gasteiger partial charge on any atom is 0.271 e. The molecule has 0 bridgehead atoms. The van der Waals surface area contributed by atoms with Crippen molar-refractivity contribution < 1.29 is 14.5 Å². The zero-order valence-corrected chi connectivity index (χ0v) is 22.2. The van der Waals surface area contributed by atoms with E-state index in [9.17, 15) is 14.9 Å². The van der Waals surface area contributed by atoms with Gasteiger partial charge in [-0.3, -0.25) is 19.9 Å².